The summed E-state index contributed by atoms with van der Waals surface area (Å²) in [6.45, 7) is 3.72. The first-order chi connectivity index (χ1) is 11.9. The van der Waals surface area contributed by atoms with Crippen molar-refractivity contribution in [3.8, 4) is 17.7 Å². The Hall–Kier alpha value is -3.11. The van der Waals surface area contributed by atoms with Crippen LogP contribution < -0.4 is 5.56 Å². The minimum absolute atomic E-state index is 0.0437. The molecule has 7 heteroatoms. The zero-order chi connectivity index (χ0) is 18.6. The molecular formula is C18H19N3O4. The standard InChI is InChI=1S/C18H19N3O4/c1-11-8-13(22)4-5-16(11)20-10-15-12(2)14(9-19)17(23)21(18(15)24)6-7-25-3/h4-5,8,10,22,24H,6-7H2,1-3H3. The predicted octanol–water partition coefficient (Wildman–Crippen LogP) is 2.15. The topological polar surface area (TPSA) is 108 Å². The molecule has 0 radical (unpaired) electrons. The summed E-state index contributed by atoms with van der Waals surface area (Å²) in [5.74, 6) is -0.130. The minimum Gasteiger partial charge on any atom is -0.508 e. The maximum Gasteiger partial charge on any atom is 0.271 e. The van der Waals surface area contributed by atoms with Gasteiger partial charge < -0.3 is 14.9 Å². The number of hydrogen-bond acceptors (Lipinski definition) is 6. The lowest BCUT2D eigenvalue weighted by Gasteiger charge is -2.13. The van der Waals surface area contributed by atoms with E-state index in [1.165, 1.54) is 19.4 Å². The Kier molecular flexibility index (Phi) is 5.57. The molecule has 2 rings (SSSR count). The molecule has 1 aromatic carbocycles. The lowest BCUT2D eigenvalue weighted by molar-refractivity contribution is 0.182. The number of aliphatic imine (C=N–C) groups is 1. The van der Waals surface area contributed by atoms with E-state index in [9.17, 15) is 20.3 Å². The van der Waals surface area contributed by atoms with E-state index in [-0.39, 0.29) is 30.3 Å². The molecule has 2 N–H and O–H groups in total. The first-order valence-corrected chi connectivity index (χ1v) is 7.59. The molecule has 0 aliphatic heterocycles. The number of nitrogens with zero attached hydrogens (tertiary/aromatic N) is 3. The number of aromatic nitrogens is 1. The van der Waals surface area contributed by atoms with E-state index >= 15 is 0 Å². The Balaban J connectivity index is 2.58. The van der Waals surface area contributed by atoms with Crippen LogP contribution in [-0.2, 0) is 11.3 Å². The van der Waals surface area contributed by atoms with E-state index in [4.69, 9.17) is 4.74 Å². The molecule has 1 aromatic heterocycles. The zero-order valence-corrected chi connectivity index (χ0v) is 14.3. The molecule has 0 fully saturated rings. The summed E-state index contributed by atoms with van der Waals surface area (Å²) in [7, 11) is 1.48. The summed E-state index contributed by atoms with van der Waals surface area (Å²) < 4.78 is 6.04. The van der Waals surface area contributed by atoms with Gasteiger partial charge in [-0.1, -0.05) is 0 Å². The van der Waals surface area contributed by atoms with Crippen molar-refractivity contribution >= 4 is 11.9 Å². The predicted molar refractivity (Wildman–Crippen MR) is 93.8 cm³/mol. The summed E-state index contributed by atoms with van der Waals surface area (Å²) >= 11 is 0. The molecule has 0 spiro atoms. The summed E-state index contributed by atoms with van der Waals surface area (Å²) in [4.78, 5) is 16.6. The summed E-state index contributed by atoms with van der Waals surface area (Å²) in [6.07, 6.45) is 1.41. The normalized spacial score (nSPS) is 11.0. The molecule has 0 bridgehead atoms. The first kappa shape index (κ1) is 18.2. The van der Waals surface area contributed by atoms with Crippen LogP contribution in [0.25, 0.3) is 0 Å². The van der Waals surface area contributed by atoms with E-state index in [2.05, 4.69) is 4.99 Å². The minimum atomic E-state index is -0.562. The van der Waals surface area contributed by atoms with Crippen molar-refractivity contribution in [2.75, 3.05) is 13.7 Å². The van der Waals surface area contributed by atoms with Crippen molar-refractivity contribution in [3.05, 3.63) is 50.8 Å². The van der Waals surface area contributed by atoms with E-state index in [0.717, 1.165) is 10.1 Å². The maximum absolute atomic E-state index is 12.3. The number of ether oxygens (including phenoxy) is 1. The number of pyridine rings is 1. The monoisotopic (exact) mass is 341 g/mol. The number of benzene rings is 1. The van der Waals surface area contributed by atoms with Crippen LogP contribution in [0.2, 0.25) is 0 Å². The molecule has 0 aliphatic carbocycles. The van der Waals surface area contributed by atoms with Gasteiger partial charge in [-0.25, -0.2) is 0 Å². The maximum atomic E-state index is 12.3. The number of aryl methyl sites for hydroxylation is 1. The van der Waals surface area contributed by atoms with Crippen LogP contribution in [0.4, 0.5) is 5.69 Å². The van der Waals surface area contributed by atoms with Crippen LogP contribution in [0.15, 0.2) is 28.0 Å². The highest BCUT2D eigenvalue weighted by Gasteiger charge is 2.17. The molecular weight excluding hydrogens is 322 g/mol. The fraction of sp³-hybridized carbons (Fsp3) is 0.278. The molecule has 0 saturated carbocycles. The van der Waals surface area contributed by atoms with Crippen LogP contribution in [-0.4, -0.2) is 34.7 Å². The second-order valence-corrected chi connectivity index (χ2v) is 5.53. The third kappa shape index (κ3) is 3.70. The summed E-state index contributed by atoms with van der Waals surface area (Å²) in [5, 5.41) is 29.2. The van der Waals surface area contributed by atoms with Gasteiger partial charge in [0.15, 0.2) is 0 Å². The second kappa shape index (κ2) is 7.64. The Labute approximate surface area is 145 Å². The van der Waals surface area contributed by atoms with Crippen molar-refractivity contribution in [1.82, 2.24) is 4.57 Å². The van der Waals surface area contributed by atoms with Gasteiger partial charge in [-0.15, -0.1) is 0 Å². The number of nitriles is 1. The molecule has 0 aliphatic rings. The zero-order valence-electron chi connectivity index (χ0n) is 14.3. The van der Waals surface area contributed by atoms with Crippen LogP contribution in [0.1, 0.15) is 22.3 Å². The van der Waals surface area contributed by atoms with Crippen molar-refractivity contribution < 1.29 is 14.9 Å². The highest BCUT2D eigenvalue weighted by Crippen LogP contribution is 2.25. The van der Waals surface area contributed by atoms with Gasteiger partial charge in [0.25, 0.3) is 5.56 Å². The SMILES string of the molecule is COCCn1c(O)c(C=Nc2ccc(O)cc2C)c(C)c(C#N)c1=O. The van der Waals surface area contributed by atoms with Crippen LogP contribution in [0, 0.1) is 25.2 Å². The molecule has 2 aromatic rings. The van der Waals surface area contributed by atoms with Crippen molar-refractivity contribution in [2.24, 2.45) is 4.99 Å². The van der Waals surface area contributed by atoms with Crippen molar-refractivity contribution in [2.45, 2.75) is 20.4 Å². The fourth-order valence-electron chi connectivity index (χ4n) is 2.43. The highest BCUT2D eigenvalue weighted by molar-refractivity contribution is 5.87. The smallest absolute Gasteiger partial charge is 0.271 e. The molecule has 1 heterocycles. The molecule has 0 unspecified atom stereocenters. The largest absolute Gasteiger partial charge is 0.508 e. The number of rotatable bonds is 5. The fourth-order valence-corrected chi connectivity index (χ4v) is 2.43. The van der Waals surface area contributed by atoms with E-state index in [1.54, 1.807) is 26.0 Å². The Morgan fingerprint density at radius 3 is 2.68 bits per heavy atom. The lowest BCUT2D eigenvalue weighted by atomic mass is 10.1. The van der Waals surface area contributed by atoms with Gasteiger partial charge in [0.2, 0.25) is 5.88 Å². The van der Waals surface area contributed by atoms with E-state index in [0.29, 0.717) is 16.8 Å². The number of hydrogen-bond donors (Lipinski definition) is 2. The Morgan fingerprint density at radius 2 is 2.08 bits per heavy atom. The molecule has 7 nitrogen and oxygen atoms in total. The van der Waals surface area contributed by atoms with Gasteiger partial charge in [0.1, 0.15) is 17.4 Å². The highest BCUT2D eigenvalue weighted by atomic mass is 16.5. The average molecular weight is 341 g/mol. The first-order valence-electron chi connectivity index (χ1n) is 7.59. The van der Waals surface area contributed by atoms with Crippen LogP contribution in [0.3, 0.4) is 0 Å². The van der Waals surface area contributed by atoms with Gasteiger partial charge in [-0.05, 0) is 43.2 Å². The number of methoxy groups -OCH3 is 1. The second-order valence-electron chi connectivity index (χ2n) is 5.53. The average Bonchev–Trinajstić information content (AvgIpc) is 2.56. The van der Waals surface area contributed by atoms with Crippen LogP contribution in [0.5, 0.6) is 11.6 Å². The van der Waals surface area contributed by atoms with E-state index < -0.39 is 5.56 Å². The summed E-state index contributed by atoms with van der Waals surface area (Å²) in [6, 6.07) is 6.60. The van der Waals surface area contributed by atoms with Crippen molar-refractivity contribution in [3.63, 3.8) is 0 Å². The Morgan fingerprint density at radius 1 is 1.36 bits per heavy atom. The number of aromatic hydroxyl groups is 2. The van der Waals surface area contributed by atoms with Crippen molar-refractivity contribution in [1.29, 1.82) is 5.26 Å². The van der Waals surface area contributed by atoms with E-state index in [1.807, 2.05) is 6.07 Å². The molecule has 130 valence electrons. The van der Waals surface area contributed by atoms with Gasteiger partial charge in [-0.2, -0.15) is 5.26 Å². The number of phenols is 1. The van der Waals surface area contributed by atoms with Gasteiger partial charge >= 0.3 is 0 Å². The Bertz CT molecular complexity index is 923. The van der Waals surface area contributed by atoms with Crippen LogP contribution >= 0.6 is 0 Å². The molecule has 25 heavy (non-hydrogen) atoms. The quantitative estimate of drug-likeness (QED) is 0.810. The molecule has 0 saturated heterocycles. The molecule has 0 atom stereocenters. The van der Waals surface area contributed by atoms with Gasteiger partial charge in [0, 0.05) is 13.3 Å². The molecule has 0 amide bonds. The third-order valence-electron chi connectivity index (χ3n) is 3.88. The van der Waals surface area contributed by atoms with Gasteiger partial charge in [-0.3, -0.25) is 14.4 Å². The van der Waals surface area contributed by atoms with Gasteiger partial charge in [0.05, 0.1) is 24.4 Å². The summed E-state index contributed by atoms with van der Waals surface area (Å²) in [5.41, 5.74) is 1.40. The lowest BCUT2D eigenvalue weighted by Crippen LogP contribution is -2.26. The third-order valence-corrected chi connectivity index (χ3v) is 3.88. The number of phenolic OH excluding ortho intramolecular Hbond substituents is 1.